The zero-order valence-corrected chi connectivity index (χ0v) is 10.4. The van der Waals surface area contributed by atoms with Crippen molar-refractivity contribution in [1.82, 2.24) is 15.1 Å². The molecule has 2 aliphatic heterocycles. The molecule has 0 amide bonds. The summed E-state index contributed by atoms with van der Waals surface area (Å²) in [5.74, 6) is 0. The molecule has 1 N–H and O–H groups in total. The van der Waals surface area contributed by atoms with Crippen LogP contribution in [-0.2, 0) is 0 Å². The van der Waals surface area contributed by atoms with Crippen LogP contribution in [0.1, 0.15) is 26.7 Å². The Hall–Kier alpha value is -0.120. The number of nitrogens with zero attached hydrogens (tertiary/aromatic N) is 2. The van der Waals surface area contributed by atoms with Crippen LogP contribution in [-0.4, -0.2) is 61.2 Å². The van der Waals surface area contributed by atoms with E-state index in [0.717, 1.165) is 12.6 Å². The van der Waals surface area contributed by atoms with E-state index in [9.17, 15) is 0 Å². The van der Waals surface area contributed by atoms with Crippen molar-refractivity contribution in [1.29, 1.82) is 0 Å². The van der Waals surface area contributed by atoms with Crippen molar-refractivity contribution >= 4 is 0 Å². The molecule has 0 aromatic carbocycles. The first-order valence-electron chi connectivity index (χ1n) is 6.24. The number of rotatable bonds is 1. The summed E-state index contributed by atoms with van der Waals surface area (Å²) in [6.07, 6.45) is 2.71. The third kappa shape index (κ3) is 2.92. The van der Waals surface area contributed by atoms with Gasteiger partial charge in [0.15, 0.2) is 0 Å². The predicted molar refractivity (Wildman–Crippen MR) is 64.2 cm³/mol. The predicted octanol–water partition coefficient (Wildman–Crippen LogP) is 0.764. The summed E-state index contributed by atoms with van der Waals surface area (Å²) < 4.78 is 0. The molecule has 2 rings (SSSR count). The highest BCUT2D eigenvalue weighted by Gasteiger charge is 2.31. The van der Waals surface area contributed by atoms with Gasteiger partial charge in [0.1, 0.15) is 0 Å². The number of piperidine rings is 1. The van der Waals surface area contributed by atoms with E-state index in [1.807, 2.05) is 0 Å². The molecule has 0 aromatic heterocycles. The van der Waals surface area contributed by atoms with E-state index in [4.69, 9.17) is 0 Å². The molecular formula is C12H25N3. The fraction of sp³-hybridized carbons (Fsp3) is 1.00. The first kappa shape index (κ1) is 11.4. The maximum atomic E-state index is 3.58. The summed E-state index contributed by atoms with van der Waals surface area (Å²) in [6, 6.07) is 0.836. The normalized spacial score (nSPS) is 30.6. The summed E-state index contributed by atoms with van der Waals surface area (Å²) in [6.45, 7) is 10.8. The van der Waals surface area contributed by atoms with Crippen molar-refractivity contribution in [2.45, 2.75) is 38.3 Å². The highest BCUT2D eigenvalue weighted by Crippen LogP contribution is 2.20. The average molecular weight is 211 g/mol. The van der Waals surface area contributed by atoms with Crippen molar-refractivity contribution in [3.63, 3.8) is 0 Å². The number of hydrogen-bond donors (Lipinski definition) is 1. The van der Waals surface area contributed by atoms with Gasteiger partial charge in [-0.15, -0.1) is 0 Å². The van der Waals surface area contributed by atoms with Gasteiger partial charge in [0.25, 0.3) is 0 Å². The van der Waals surface area contributed by atoms with Crippen molar-refractivity contribution in [3.8, 4) is 0 Å². The zero-order valence-electron chi connectivity index (χ0n) is 10.4. The molecule has 0 radical (unpaired) electrons. The van der Waals surface area contributed by atoms with Crippen molar-refractivity contribution in [2.24, 2.45) is 0 Å². The second kappa shape index (κ2) is 4.40. The Morgan fingerprint density at radius 2 is 1.80 bits per heavy atom. The van der Waals surface area contributed by atoms with Gasteiger partial charge >= 0.3 is 0 Å². The standard InChI is InChI=1S/C12H25N3/c1-12(2)10-15(9-6-13-12)11-4-7-14(3)8-5-11/h11,13H,4-10H2,1-3H3. The largest absolute Gasteiger partial charge is 0.309 e. The fourth-order valence-corrected chi connectivity index (χ4v) is 2.85. The van der Waals surface area contributed by atoms with E-state index >= 15 is 0 Å². The lowest BCUT2D eigenvalue weighted by Crippen LogP contribution is -2.60. The Balaban J connectivity index is 1.88. The summed E-state index contributed by atoms with van der Waals surface area (Å²) in [7, 11) is 2.23. The lowest BCUT2D eigenvalue weighted by molar-refractivity contribution is 0.0707. The molecule has 0 saturated carbocycles. The molecule has 2 aliphatic rings. The van der Waals surface area contributed by atoms with Crippen LogP contribution in [0.3, 0.4) is 0 Å². The second-order valence-corrected chi connectivity index (χ2v) is 5.82. The highest BCUT2D eigenvalue weighted by atomic mass is 15.3. The summed E-state index contributed by atoms with van der Waals surface area (Å²) in [5, 5.41) is 3.58. The maximum Gasteiger partial charge on any atom is 0.0252 e. The molecule has 0 atom stereocenters. The van der Waals surface area contributed by atoms with Gasteiger partial charge in [-0.05, 0) is 46.8 Å². The topological polar surface area (TPSA) is 18.5 Å². The molecule has 2 heterocycles. The first-order chi connectivity index (χ1) is 7.07. The molecule has 0 aliphatic carbocycles. The van der Waals surface area contributed by atoms with Gasteiger partial charge in [0.05, 0.1) is 0 Å². The minimum Gasteiger partial charge on any atom is -0.309 e. The smallest absolute Gasteiger partial charge is 0.0252 e. The van der Waals surface area contributed by atoms with Crippen molar-refractivity contribution in [3.05, 3.63) is 0 Å². The number of piperazine rings is 1. The molecule has 3 heteroatoms. The van der Waals surface area contributed by atoms with E-state index in [1.165, 1.54) is 39.0 Å². The van der Waals surface area contributed by atoms with Gasteiger partial charge in [-0.3, -0.25) is 4.90 Å². The van der Waals surface area contributed by atoms with Gasteiger partial charge in [-0.2, -0.15) is 0 Å². The molecule has 0 unspecified atom stereocenters. The van der Waals surface area contributed by atoms with E-state index in [1.54, 1.807) is 0 Å². The molecule has 15 heavy (non-hydrogen) atoms. The quantitative estimate of drug-likeness (QED) is 0.691. The Labute approximate surface area is 93.8 Å². The molecule has 0 aromatic rings. The van der Waals surface area contributed by atoms with E-state index < -0.39 is 0 Å². The molecule has 0 spiro atoms. The van der Waals surface area contributed by atoms with Crippen LogP contribution >= 0.6 is 0 Å². The van der Waals surface area contributed by atoms with E-state index in [0.29, 0.717) is 5.54 Å². The summed E-state index contributed by atoms with van der Waals surface area (Å²) >= 11 is 0. The molecular weight excluding hydrogens is 186 g/mol. The number of hydrogen-bond acceptors (Lipinski definition) is 3. The average Bonchev–Trinajstić information content (AvgIpc) is 2.17. The van der Waals surface area contributed by atoms with Gasteiger partial charge in [-0.1, -0.05) is 0 Å². The van der Waals surface area contributed by atoms with Crippen LogP contribution in [0.15, 0.2) is 0 Å². The van der Waals surface area contributed by atoms with Crippen LogP contribution in [0.2, 0.25) is 0 Å². The Kier molecular flexibility index (Phi) is 3.33. The fourth-order valence-electron chi connectivity index (χ4n) is 2.85. The van der Waals surface area contributed by atoms with Gasteiger partial charge < -0.3 is 10.2 Å². The van der Waals surface area contributed by atoms with Crippen LogP contribution in [0.4, 0.5) is 0 Å². The molecule has 2 saturated heterocycles. The zero-order chi connectivity index (χ0) is 10.9. The third-order valence-electron chi connectivity index (χ3n) is 3.81. The Morgan fingerprint density at radius 3 is 2.40 bits per heavy atom. The van der Waals surface area contributed by atoms with Gasteiger partial charge in [0.2, 0.25) is 0 Å². The SMILES string of the molecule is CN1CCC(N2CCNC(C)(C)C2)CC1. The van der Waals surface area contributed by atoms with Crippen LogP contribution < -0.4 is 5.32 Å². The lowest BCUT2D eigenvalue weighted by Gasteiger charge is -2.45. The molecule has 88 valence electrons. The Morgan fingerprint density at radius 1 is 1.13 bits per heavy atom. The van der Waals surface area contributed by atoms with Crippen molar-refractivity contribution < 1.29 is 0 Å². The Bertz CT molecular complexity index is 207. The third-order valence-corrected chi connectivity index (χ3v) is 3.81. The van der Waals surface area contributed by atoms with E-state index in [-0.39, 0.29) is 0 Å². The number of nitrogens with one attached hydrogen (secondary N) is 1. The van der Waals surface area contributed by atoms with Gasteiger partial charge in [-0.25, -0.2) is 0 Å². The van der Waals surface area contributed by atoms with Crippen LogP contribution in [0.25, 0.3) is 0 Å². The van der Waals surface area contributed by atoms with Crippen LogP contribution in [0.5, 0.6) is 0 Å². The van der Waals surface area contributed by atoms with Gasteiger partial charge in [0, 0.05) is 31.2 Å². The maximum absolute atomic E-state index is 3.58. The minimum absolute atomic E-state index is 0.307. The summed E-state index contributed by atoms with van der Waals surface area (Å²) in [4.78, 5) is 5.15. The summed E-state index contributed by atoms with van der Waals surface area (Å²) in [5.41, 5.74) is 0.307. The van der Waals surface area contributed by atoms with Crippen molar-refractivity contribution in [2.75, 3.05) is 39.8 Å². The minimum atomic E-state index is 0.307. The second-order valence-electron chi connectivity index (χ2n) is 5.82. The molecule has 3 nitrogen and oxygen atoms in total. The first-order valence-corrected chi connectivity index (χ1v) is 6.24. The number of likely N-dealkylation sites (tertiary alicyclic amines) is 1. The van der Waals surface area contributed by atoms with Crippen LogP contribution in [0, 0.1) is 0 Å². The molecule has 2 fully saturated rings. The molecule has 0 bridgehead atoms. The lowest BCUT2D eigenvalue weighted by atomic mass is 9.97. The monoisotopic (exact) mass is 211 g/mol. The highest BCUT2D eigenvalue weighted by molar-refractivity contribution is 4.90. The van der Waals surface area contributed by atoms with E-state index in [2.05, 4.69) is 36.0 Å².